The predicted octanol–water partition coefficient (Wildman–Crippen LogP) is 3.86. The SMILES string of the molecule is CCCNc1nc(Cc2cccs2)nc(C)c1I. The lowest BCUT2D eigenvalue weighted by Crippen LogP contribution is -2.09. The Kier molecular flexibility index (Phi) is 4.94. The van der Waals surface area contributed by atoms with E-state index in [2.05, 4.69) is 62.3 Å². The zero-order chi connectivity index (χ0) is 13.0. The molecule has 0 saturated carbocycles. The van der Waals surface area contributed by atoms with E-state index in [1.54, 1.807) is 11.3 Å². The van der Waals surface area contributed by atoms with Crippen LogP contribution in [0.1, 0.15) is 29.7 Å². The number of thiophene rings is 1. The summed E-state index contributed by atoms with van der Waals surface area (Å²) >= 11 is 4.06. The van der Waals surface area contributed by atoms with Crippen molar-refractivity contribution in [1.29, 1.82) is 0 Å². The lowest BCUT2D eigenvalue weighted by molar-refractivity contribution is 0.914. The Morgan fingerprint density at radius 3 is 2.89 bits per heavy atom. The molecule has 0 aliphatic rings. The molecular weight excluding hydrogens is 357 g/mol. The Morgan fingerprint density at radius 2 is 2.22 bits per heavy atom. The van der Waals surface area contributed by atoms with E-state index < -0.39 is 0 Å². The Hall–Kier alpha value is -0.690. The molecule has 0 atom stereocenters. The number of halogens is 1. The summed E-state index contributed by atoms with van der Waals surface area (Å²) in [4.78, 5) is 10.5. The van der Waals surface area contributed by atoms with Crippen molar-refractivity contribution in [1.82, 2.24) is 9.97 Å². The first-order valence-corrected chi connectivity index (χ1v) is 7.95. The molecular formula is C13H16IN3S. The average Bonchev–Trinajstić information content (AvgIpc) is 2.84. The zero-order valence-corrected chi connectivity index (χ0v) is 13.5. The second-order valence-corrected chi connectivity index (χ2v) is 6.18. The number of aryl methyl sites for hydroxylation is 1. The van der Waals surface area contributed by atoms with Crippen LogP contribution in [0.3, 0.4) is 0 Å². The van der Waals surface area contributed by atoms with Crippen LogP contribution in [-0.2, 0) is 6.42 Å². The van der Waals surface area contributed by atoms with Crippen molar-refractivity contribution >= 4 is 39.7 Å². The number of nitrogens with one attached hydrogen (secondary N) is 1. The highest BCUT2D eigenvalue weighted by Crippen LogP contribution is 2.20. The summed E-state index contributed by atoms with van der Waals surface area (Å²) < 4.78 is 1.12. The van der Waals surface area contributed by atoms with Crippen LogP contribution in [0.5, 0.6) is 0 Å². The third-order valence-corrected chi connectivity index (χ3v) is 4.69. The lowest BCUT2D eigenvalue weighted by Gasteiger charge is -2.10. The highest BCUT2D eigenvalue weighted by molar-refractivity contribution is 14.1. The van der Waals surface area contributed by atoms with Gasteiger partial charge in [0.15, 0.2) is 0 Å². The smallest absolute Gasteiger partial charge is 0.143 e. The number of anilines is 1. The van der Waals surface area contributed by atoms with Crippen molar-refractivity contribution in [3.05, 3.63) is 37.5 Å². The second-order valence-electron chi connectivity index (χ2n) is 4.07. The Balaban J connectivity index is 2.23. The summed E-state index contributed by atoms with van der Waals surface area (Å²) in [5, 5.41) is 5.46. The van der Waals surface area contributed by atoms with Gasteiger partial charge in [-0.15, -0.1) is 11.3 Å². The standard InChI is InChI=1S/C13H16IN3S/c1-3-6-15-13-12(14)9(2)16-11(17-13)8-10-5-4-7-18-10/h4-5,7H,3,6,8H2,1-2H3,(H,15,16,17). The molecule has 0 aliphatic carbocycles. The fraction of sp³-hybridized carbons (Fsp3) is 0.385. The number of hydrogen-bond acceptors (Lipinski definition) is 4. The first kappa shape index (κ1) is 13.7. The van der Waals surface area contributed by atoms with E-state index in [1.165, 1.54) is 4.88 Å². The van der Waals surface area contributed by atoms with Gasteiger partial charge in [-0.3, -0.25) is 0 Å². The molecule has 0 spiro atoms. The molecule has 0 bridgehead atoms. The highest BCUT2D eigenvalue weighted by Gasteiger charge is 2.09. The van der Waals surface area contributed by atoms with Crippen LogP contribution in [0.25, 0.3) is 0 Å². The van der Waals surface area contributed by atoms with Gasteiger partial charge in [0.1, 0.15) is 11.6 Å². The Bertz CT molecular complexity index is 511. The fourth-order valence-corrected chi connectivity index (χ4v) is 2.76. The van der Waals surface area contributed by atoms with E-state index in [0.29, 0.717) is 0 Å². The zero-order valence-electron chi connectivity index (χ0n) is 10.5. The molecule has 2 rings (SSSR count). The van der Waals surface area contributed by atoms with Gasteiger partial charge in [-0.05, 0) is 47.4 Å². The van der Waals surface area contributed by atoms with Crippen molar-refractivity contribution < 1.29 is 0 Å². The van der Waals surface area contributed by atoms with Crippen LogP contribution < -0.4 is 5.32 Å². The molecule has 2 heterocycles. The largest absolute Gasteiger partial charge is 0.369 e. The van der Waals surface area contributed by atoms with Crippen molar-refractivity contribution in [3.63, 3.8) is 0 Å². The quantitative estimate of drug-likeness (QED) is 0.809. The van der Waals surface area contributed by atoms with Gasteiger partial charge in [-0.1, -0.05) is 13.0 Å². The maximum absolute atomic E-state index is 4.62. The van der Waals surface area contributed by atoms with Gasteiger partial charge in [0.05, 0.1) is 9.26 Å². The van der Waals surface area contributed by atoms with E-state index in [4.69, 9.17) is 0 Å². The monoisotopic (exact) mass is 373 g/mol. The molecule has 1 N–H and O–H groups in total. The minimum atomic E-state index is 0.816. The summed E-state index contributed by atoms with van der Waals surface area (Å²) in [5.41, 5.74) is 1.05. The summed E-state index contributed by atoms with van der Waals surface area (Å²) in [6, 6.07) is 4.19. The summed E-state index contributed by atoms with van der Waals surface area (Å²) in [5.74, 6) is 1.87. The van der Waals surface area contributed by atoms with Crippen LogP contribution in [0, 0.1) is 10.5 Å². The summed E-state index contributed by atoms with van der Waals surface area (Å²) in [6.07, 6.45) is 1.91. The Labute approximate surface area is 125 Å². The fourth-order valence-electron chi connectivity index (χ4n) is 1.63. The number of nitrogens with zero attached hydrogens (tertiary/aromatic N) is 2. The molecule has 3 nitrogen and oxygen atoms in total. The van der Waals surface area contributed by atoms with Gasteiger partial charge in [0, 0.05) is 17.8 Å². The van der Waals surface area contributed by atoms with Crippen molar-refractivity contribution in [3.8, 4) is 0 Å². The van der Waals surface area contributed by atoms with Gasteiger partial charge in [-0.25, -0.2) is 9.97 Å². The minimum Gasteiger partial charge on any atom is -0.369 e. The molecule has 5 heteroatoms. The van der Waals surface area contributed by atoms with Crippen molar-refractivity contribution in [2.24, 2.45) is 0 Å². The van der Waals surface area contributed by atoms with E-state index in [-0.39, 0.29) is 0 Å². The van der Waals surface area contributed by atoms with Gasteiger partial charge < -0.3 is 5.32 Å². The van der Waals surface area contributed by atoms with Crippen LogP contribution in [0.15, 0.2) is 17.5 Å². The topological polar surface area (TPSA) is 37.8 Å². The van der Waals surface area contributed by atoms with E-state index in [1.807, 2.05) is 6.92 Å². The molecule has 0 radical (unpaired) electrons. The first-order chi connectivity index (χ1) is 8.70. The molecule has 0 aromatic carbocycles. The van der Waals surface area contributed by atoms with Gasteiger partial charge in [0.25, 0.3) is 0 Å². The molecule has 0 unspecified atom stereocenters. The average molecular weight is 373 g/mol. The molecule has 0 saturated heterocycles. The molecule has 0 aliphatic heterocycles. The normalized spacial score (nSPS) is 10.6. The maximum Gasteiger partial charge on any atom is 0.143 e. The van der Waals surface area contributed by atoms with E-state index in [9.17, 15) is 0 Å². The minimum absolute atomic E-state index is 0.816. The molecule has 0 amide bonds. The number of rotatable bonds is 5. The van der Waals surface area contributed by atoms with Gasteiger partial charge >= 0.3 is 0 Å². The first-order valence-electron chi connectivity index (χ1n) is 6.00. The highest BCUT2D eigenvalue weighted by atomic mass is 127. The third kappa shape index (κ3) is 3.41. The number of hydrogen-bond donors (Lipinski definition) is 1. The molecule has 0 fully saturated rings. The lowest BCUT2D eigenvalue weighted by atomic mass is 10.3. The summed E-state index contributed by atoms with van der Waals surface area (Å²) in [6.45, 7) is 5.14. The maximum atomic E-state index is 4.62. The van der Waals surface area contributed by atoms with Crippen molar-refractivity contribution in [2.45, 2.75) is 26.7 Å². The van der Waals surface area contributed by atoms with Crippen LogP contribution in [-0.4, -0.2) is 16.5 Å². The predicted molar refractivity (Wildman–Crippen MR) is 85.4 cm³/mol. The van der Waals surface area contributed by atoms with Crippen LogP contribution in [0.4, 0.5) is 5.82 Å². The van der Waals surface area contributed by atoms with Crippen LogP contribution in [0.2, 0.25) is 0 Å². The third-order valence-electron chi connectivity index (χ3n) is 2.52. The van der Waals surface area contributed by atoms with E-state index >= 15 is 0 Å². The molecule has 2 aromatic rings. The Morgan fingerprint density at radius 1 is 1.39 bits per heavy atom. The molecule has 2 aromatic heterocycles. The van der Waals surface area contributed by atoms with E-state index in [0.717, 1.165) is 40.3 Å². The summed E-state index contributed by atoms with van der Waals surface area (Å²) in [7, 11) is 0. The van der Waals surface area contributed by atoms with Crippen LogP contribution >= 0.6 is 33.9 Å². The van der Waals surface area contributed by atoms with Gasteiger partial charge in [-0.2, -0.15) is 0 Å². The molecule has 18 heavy (non-hydrogen) atoms. The number of aromatic nitrogens is 2. The van der Waals surface area contributed by atoms with Crippen molar-refractivity contribution in [2.75, 3.05) is 11.9 Å². The second kappa shape index (κ2) is 6.47. The molecule has 96 valence electrons. The van der Waals surface area contributed by atoms with Gasteiger partial charge in [0.2, 0.25) is 0 Å².